The van der Waals surface area contributed by atoms with Crippen LogP contribution in [0.25, 0.3) is 27.2 Å². The summed E-state index contributed by atoms with van der Waals surface area (Å²) >= 11 is 0. The number of hydrogen-bond acceptors (Lipinski definition) is 4. The van der Waals surface area contributed by atoms with E-state index in [1.54, 1.807) is 11.0 Å². The number of benzene rings is 2. The average Bonchev–Trinajstić information content (AvgIpc) is 3.61. The van der Waals surface area contributed by atoms with Crippen molar-refractivity contribution in [3.05, 3.63) is 65.6 Å². The number of aromatic nitrogens is 2. The molecule has 0 saturated carbocycles. The number of amides is 1. The summed E-state index contributed by atoms with van der Waals surface area (Å²) in [7, 11) is 1.32. The van der Waals surface area contributed by atoms with Crippen molar-refractivity contribution in [2.75, 3.05) is 7.11 Å². The minimum absolute atomic E-state index is 0.0170. The van der Waals surface area contributed by atoms with Gasteiger partial charge in [-0.1, -0.05) is 18.2 Å². The number of rotatable bonds is 7. The van der Waals surface area contributed by atoms with Gasteiger partial charge in [0.25, 0.3) is 0 Å². The van der Waals surface area contributed by atoms with E-state index >= 15 is 0 Å². The van der Waals surface area contributed by atoms with Crippen LogP contribution in [0.15, 0.2) is 42.6 Å². The molecular weight excluding hydrogens is 535 g/mol. The normalized spacial score (nSPS) is 20.0. The van der Waals surface area contributed by atoms with Crippen LogP contribution in [0, 0.1) is 24.1 Å². The maximum Gasteiger partial charge on any atom is 0.449 e. The third kappa shape index (κ3) is 5.03. The summed E-state index contributed by atoms with van der Waals surface area (Å²) < 4.78 is 73.8. The van der Waals surface area contributed by atoms with Gasteiger partial charge in [0, 0.05) is 35.8 Å². The second-order valence-electron chi connectivity index (χ2n) is 9.94. The molecule has 3 aromatic rings. The lowest BCUT2D eigenvalue weighted by Crippen LogP contribution is -2.39. The van der Waals surface area contributed by atoms with Crippen LogP contribution in [0.2, 0.25) is 0 Å². The van der Waals surface area contributed by atoms with Gasteiger partial charge >= 0.3 is 6.18 Å². The Hall–Kier alpha value is -4.27. The number of alkyl halides is 3. The summed E-state index contributed by atoms with van der Waals surface area (Å²) in [6.07, 6.45) is -2.57. The highest BCUT2D eigenvalue weighted by atomic mass is 19.4. The summed E-state index contributed by atoms with van der Waals surface area (Å²) in [5.41, 5.74) is 1.13. The van der Waals surface area contributed by atoms with Crippen LogP contribution in [0.5, 0.6) is 5.75 Å². The second kappa shape index (κ2) is 10.4. The number of ether oxygens (including phenoxy) is 1. The van der Waals surface area contributed by atoms with Crippen LogP contribution in [-0.2, 0) is 16.1 Å². The molecule has 7 nitrogen and oxygen atoms in total. The molecule has 2 aromatic carbocycles. The van der Waals surface area contributed by atoms with E-state index in [2.05, 4.69) is 9.94 Å². The Morgan fingerprint density at radius 2 is 1.82 bits per heavy atom. The Kier molecular flexibility index (Phi) is 7.08. The highest BCUT2D eigenvalue weighted by Crippen LogP contribution is 2.44. The first-order chi connectivity index (χ1) is 19.0. The predicted octanol–water partition coefficient (Wildman–Crippen LogP) is 5.96. The van der Waals surface area contributed by atoms with Crippen molar-refractivity contribution < 1.29 is 36.3 Å². The molecule has 2 aliphatic rings. The average molecular weight is 559 g/mol. The van der Waals surface area contributed by atoms with E-state index < -0.39 is 42.0 Å². The van der Waals surface area contributed by atoms with Crippen molar-refractivity contribution in [3.63, 3.8) is 0 Å². The highest BCUT2D eigenvalue weighted by Gasteiger charge is 2.51. The molecule has 0 radical (unpaired) electrons. The van der Waals surface area contributed by atoms with Crippen LogP contribution < -0.4 is 4.74 Å². The molecule has 0 aliphatic carbocycles. The lowest BCUT2D eigenvalue weighted by molar-refractivity contribution is -0.172. The minimum Gasteiger partial charge on any atom is -0.494 e. The number of nitrogens with zero attached hydrogens (tertiary/aromatic N) is 4. The molecule has 2 fully saturated rings. The second-order valence-corrected chi connectivity index (χ2v) is 9.94. The number of Topliss-reactive ketones (excluding diaryl/α,β-unsaturated/α-hetero) is 1. The monoisotopic (exact) mass is 558 g/mol. The van der Waals surface area contributed by atoms with Gasteiger partial charge < -0.3 is 9.64 Å². The number of halogens is 5. The van der Waals surface area contributed by atoms with Gasteiger partial charge in [0.05, 0.1) is 13.7 Å². The number of methoxy groups -OCH3 is 1. The Bertz CT molecular complexity index is 1530. The Labute approximate surface area is 226 Å². The Balaban J connectivity index is 1.44. The van der Waals surface area contributed by atoms with Gasteiger partial charge in [-0.2, -0.15) is 18.3 Å². The van der Waals surface area contributed by atoms with Gasteiger partial charge in [0.1, 0.15) is 18.1 Å². The third-order valence-corrected chi connectivity index (χ3v) is 7.58. The molecule has 0 spiro atoms. The molecule has 1 aromatic heterocycles. The van der Waals surface area contributed by atoms with Crippen LogP contribution >= 0.6 is 0 Å². The lowest BCUT2D eigenvalue weighted by atomic mass is 9.85. The summed E-state index contributed by atoms with van der Waals surface area (Å²) in [5.74, 6) is -4.11. The number of ketones is 1. The summed E-state index contributed by atoms with van der Waals surface area (Å²) in [4.78, 5) is 29.6. The zero-order chi connectivity index (χ0) is 28.8. The first kappa shape index (κ1) is 27.3. The van der Waals surface area contributed by atoms with E-state index in [4.69, 9.17) is 11.3 Å². The SMILES string of the molecule is [C-]#[N+]c1ccc(-c2nn(CC(=O)N3C4CCC3C(CC(=O)C(F)(F)F)C4)cc2-c2ccc(OC)c(F)c2)cc1F. The van der Waals surface area contributed by atoms with E-state index in [1.165, 1.54) is 42.3 Å². The van der Waals surface area contributed by atoms with E-state index in [0.29, 0.717) is 36.0 Å². The minimum atomic E-state index is -4.91. The quantitative estimate of drug-likeness (QED) is 0.265. The molecule has 2 saturated heterocycles. The first-order valence-electron chi connectivity index (χ1n) is 12.5. The molecule has 40 heavy (non-hydrogen) atoms. The molecule has 5 rings (SSSR count). The van der Waals surface area contributed by atoms with E-state index in [1.807, 2.05) is 0 Å². The molecule has 2 bridgehead atoms. The van der Waals surface area contributed by atoms with Crippen LogP contribution in [0.4, 0.5) is 27.6 Å². The van der Waals surface area contributed by atoms with Gasteiger partial charge in [0.2, 0.25) is 17.4 Å². The number of hydrogen-bond donors (Lipinski definition) is 0. The fraction of sp³-hybridized carbons (Fsp3) is 0.357. The number of carbonyl (C=O) groups is 2. The summed E-state index contributed by atoms with van der Waals surface area (Å²) in [6.45, 7) is 6.81. The number of carbonyl (C=O) groups excluding carboxylic acids is 2. The zero-order valence-electron chi connectivity index (χ0n) is 21.2. The third-order valence-electron chi connectivity index (χ3n) is 7.58. The fourth-order valence-corrected chi connectivity index (χ4v) is 5.80. The molecule has 3 heterocycles. The van der Waals surface area contributed by atoms with E-state index in [-0.39, 0.29) is 35.6 Å². The van der Waals surface area contributed by atoms with Crippen molar-refractivity contribution >= 4 is 17.4 Å². The van der Waals surface area contributed by atoms with Gasteiger partial charge in [0.15, 0.2) is 11.6 Å². The summed E-state index contributed by atoms with van der Waals surface area (Å²) in [5, 5.41) is 4.48. The zero-order valence-corrected chi connectivity index (χ0v) is 21.2. The topological polar surface area (TPSA) is 68.8 Å². The van der Waals surface area contributed by atoms with Crippen LogP contribution in [0.3, 0.4) is 0 Å². The van der Waals surface area contributed by atoms with Crippen molar-refractivity contribution in [3.8, 4) is 28.1 Å². The molecule has 3 unspecified atom stereocenters. The standard InChI is InChI=1S/C28H23F5N4O3/c1-34-22-6-3-16(11-20(22)29)27-19(15-4-8-24(40-2)21(30)10-15)13-36(35-27)14-26(39)37-18-5-7-23(37)17(9-18)12-25(38)28(31,32)33/h3-4,6,8,10-11,13,17-18,23H,5,7,9,12,14H2,2H3. The van der Waals surface area contributed by atoms with Gasteiger partial charge in [-0.15, -0.1) is 0 Å². The molecule has 2 aliphatic heterocycles. The largest absolute Gasteiger partial charge is 0.494 e. The lowest BCUT2D eigenvalue weighted by Gasteiger charge is -2.24. The first-order valence-corrected chi connectivity index (χ1v) is 12.5. The van der Waals surface area contributed by atoms with Crippen LogP contribution in [-0.4, -0.2) is 51.7 Å². The molecule has 208 valence electrons. The van der Waals surface area contributed by atoms with Gasteiger partial charge in [-0.05, 0) is 48.9 Å². The molecular formula is C28H23F5N4O3. The maximum atomic E-state index is 14.5. The smallest absolute Gasteiger partial charge is 0.449 e. The number of fused-ring (bicyclic) bond motifs is 2. The molecule has 12 heteroatoms. The van der Waals surface area contributed by atoms with Crippen molar-refractivity contribution in [1.82, 2.24) is 14.7 Å². The van der Waals surface area contributed by atoms with Gasteiger partial charge in [-0.25, -0.2) is 13.6 Å². The fourth-order valence-electron chi connectivity index (χ4n) is 5.80. The van der Waals surface area contributed by atoms with Gasteiger partial charge in [-0.3, -0.25) is 14.3 Å². The predicted molar refractivity (Wildman–Crippen MR) is 133 cm³/mol. The molecule has 0 N–H and O–H groups in total. The Morgan fingerprint density at radius 1 is 1.10 bits per heavy atom. The maximum absolute atomic E-state index is 14.5. The Morgan fingerprint density at radius 3 is 2.48 bits per heavy atom. The summed E-state index contributed by atoms with van der Waals surface area (Å²) in [6, 6.07) is 7.42. The van der Waals surface area contributed by atoms with E-state index in [0.717, 1.165) is 6.07 Å². The molecule has 3 atom stereocenters. The van der Waals surface area contributed by atoms with E-state index in [9.17, 15) is 31.5 Å². The van der Waals surface area contributed by atoms with Crippen molar-refractivity contribution in [2.45, 2.75) is 50.5 Å². The molecule has 1 amide bonds. The van der Waals surface area contributed by atoms with Crippen molar-refractivity contribution in [1.29, 1.82) is 0 Å². The highest BCUT2D eigenvalue weighted by molar-refractivity contribution is 5.85. The van der Waals surface area contributed by atoms with Crippen LogP contribution in [0.1, 0.15) is 25.7 Å². The van der Waals surface area contributed by atoms with Crippen molar-refractivity contribution in [2.24, 2.45) is 5.92 Å².